The number of piperazine rings is 1. The van der Waals surface area contributed by atoms with Gasteiger partial charge in [-0.1, -0.05) is 48.5 Å². The lowest BCUT2D eigenvalue weighted by Crippen LogP contribution is -2.47. The van der Waals surface area contributed by atoms with E-state index in [4.69, 9.17) is 0 Å². The molecule has 5 heterocycles. The summed E-state index contributed by atoms with van der Waals surface area (Å²) in [5.74, 6) is -0.785. The molecule has 0 radical (unpaired) electrons. The number of hydrazine groups is 2. The van der Waals surface area contributed by atoms with Gasteiger partial charge in [0.05, 0.1) is 11.6 Å². The molecule has 57 heavy (non-hydrogen) atoms. The van der Waals surface area contributed by atoms with Gasteiger partial charge in [-0.15, -0.1) is 5.53 Å². The number of nitrogens with one attached hydrogen (secondary N) is 5. The van der Waals surface area contributed by atoms with Gasteiger partial charge >= 0.3 is 0 Å². The topological polar surface area (TPSA) is 151 Å². The number of H-pyrrole nitrogens is 1. The summed E-state index contributed by atoms with van der Waals surface area (Å²) in [4.78, 5) is 46.2. The molecule has 294 valence electrons. The number of aromatic amines is 1. The predicted molar refractivity (Wildman–Crippen MR) is 221 cm³/mol. The van der Waals surface area contributed by atoms with Gasteiger partial charge in [0.1, 0.15) is 5.70 Å². The van der Waals surface area contributed by atoms with Crippen molar-refractivity contribution in [3.63, 3.8) is 0 Å². The van der Waals surface area contributed by atoms with Crippen molar-refractivity contribution in [2.75, 3.05) is 37.6 Å². The molecule has 3 aliphatic heterocycles. The number of carbonyl (C=O) groups is 3. The van der Waals surface area contributed by atoms with Crippen molar-refractivity contribution in [1.82, 2.24) is 46.7 Å². The van der Waals surface area contributed by atoms with E-state index in [0.29, 0.717) is 30.7 Å². The Labute approximate surface area is 332 Å². The first-order valence-corrected chi connectivity index (χ1v) is 19.7. The molecule has 3 aromatic carbocycles. The van der Waals surface area contributed by atoms with Crippen molar-refractivity contribution in [2.45, 2.75) is 65.0 Å². The highest BCUT2D eigenvalue weighted by molar-refractivity contribution is 6.01. The van der Waals surface area contributed by atoms with Crippen LogP contribution >= 0.6 is 0 Å². The average Bonchev–Trinajstić information content (AvgIpc) is 3.89. The van der Waals surface area contributed by atoms with Crippen molar-refractivity contribution >= 4 is 34.4 Å². The standard InChI is InChI=1S/C44H50N10O3/c1-28-23-32(9-10-33(28)25-46-43(57)38-27-54(51-48-38)44(2,3)4)40-37-24-34(26-45-41(37)50-49-40)30-11-13-35(14-12-30)53-21-19-52(20-22-53)18-17-29-5-7-31(8-6-29)36-15-16-39(55)47-42(36)56/h5-14,23-24,26-27,36,48,51H,15-22,25H2,1-4H3,(H,46,57)(H,45,49,50)(H,47,55,56)/t36-/m0/s1. The third-order valence-electron chi connectivity index (χ3n) is 11.3. The molecule has 8 rings (SSSR count). The van der Waals surface area contributed by atoms with Crippen LogP contribution in [0.5, 0.6) is 0 Å². The molecule has 0 aliphatic carbocycles. The summed E-state index contributed by atoms with van der Waals surface area (Å²) in [6.45, 7) is 13.6. The summed E-state index contributed by atoms with van der Waals surface area (Å²) >= 11 is 0. The monoisotopic (exact) mass is 766 g/mol. The predicted octanol–water partition coefficient (Wildman–Crippen LogP) is 5.07. The van der Waals surface area contributed by atoms with Crippen molar-refractivity contribution in [1.29, 1.82) is 0 Å². The van der Waals surface area contributed by atoms with Crippen molar-refractivity contribution in [3.05, 3.63) is 113 Å². The summed E-state index contributed by atoms with van der Waals surface area (Å²) in [5.41, 5.74) is 16.5. The number of rotatable bonds is 10. The number of hydrogen-bond donors (Lipinski definition) is 5. The Hall–Kier alpha value is -6.05. The van der Waals surface area contributed by atoms with E-state index in [2.05, 4.69) is 135 Å². The van der Waals surface area contributed by atoms with Crippen LogP contribution in [0.4, 0.5) is 5.69 Å². The first-order chi connectivity index (χ1) is 27.5. The van der Waals surface area contributed by atoms with Crippen LogP contribution in [0.2, 0.25) is 0 Å². The Kier molecular flexibility index (Phi) is 10.5. The fourth-order valence-corrected chi connectivity index (χ4v) is 7.70. The molecule has 0 spiro atoms. The SMILES string of the molecule is Cc1cc(-c2[nH]nc3ncc(-c4ccc(N5CCN(CCc6ccc([C@@H]7CCC(=O)NC7=O)cc6)CC5)cc4)cc23)ccc1CNC(=O)C1=CN(C(C)(C)C)NN1. The minimum atomic E-state index is -0.241. The van der Waals surface area contributed by atoms with Gasteiger partial charge in [0.25, 0.3) is 5.91 Å². The van der Waals surface area contributed by atoms with E-state index in [-0.39, 0.29) is 29.2 Å². The Morgan fingerprint density at radius 2 is 1.67 bits per heavy atom. The number of anilines is 1. The Bertz CT molecular complexity index is 2320. The first kappa shape index (κ1) is 37.9. The smallest absolute Gasteiger partial charge is 0.270 e. The number of fused-ring (bicyclic) bond motifs is 1. The van der Waals surface area contributed by atoms with Crippen LogP contribution in [0, 0.1) is 6.92 Å². The summed E-state index contributed by atoms with van der Waals surface area (Å²) in [6, 6.07) is 25.4. The van der Waals surface area contributed by atoms with E-state index in [1.54, 1.807) is 6.20 Å². The zero-order chi connectivity index (χ0) is 39.7. The van der Waals surface area contributed by atoms with Crippen LogP contribution in [0.15, 0.2) is 90.9 Å². The number of benzene rings is 3. The average molecular weight is 767 g/mol. The van der Waals surface area contributed by atoms with E-state index >= 15 is 0 Å². The van der Waals surface area contributed by atoms with Crippen LogP contribution in [-0.4, -0.2) is 81.1 Å². The summed E-state index contributed by atoms with van der Waals surface area (Å²) in [7, 11) is 0. The number of piperidine rings is 1. The maximum Gasteiger partial charge on any atom is 0.270 e. The Morgan fingerprint density at radius 3 is 2.37 bits per heavy atom. The number of imide groups is 1. The minimum absolute atomic E-state index is 0.167. The highest BCUT2D eigenvalue weighted by Crippen LogP contribution is 2.32. The van der Waals surface area contributed by atoms with Gasteiger partial charge < -0.3 is 10.2 Å². The van der Waals surface area contributed by atoms with Gasteiger partial charge in [-0.25, -0.2) is 4.98 Å². The molecule has 1 atom stereocenters. The molecule has 2 aromatic heterocycles. The second kappa shape index (κ2) is 15.8. The fourth-order valence-electron chi connectivity index (χ4n) is 7.70. The van der Waals surface area contributed by atoms with Gasteiger partial charge in [0.2, 0.25) is 11.8 Å². The van der Waals surface area contributed by atoms with E-state index in [9.17, 15) is 14.4 Å². The number of pyridine rings is 1. The van der Waals surface area contributed by atoms with Gasteiger partial charge in [-0.05, 0) is 92.6 Å². The molecule has 2 fully saturated rings. The number of aryl methyl sites for hydroxylation is 1. The van der Waals surface area contributed by atoms with Crippen LogP contribution in [0.1, 0.15) is 61.8 Å². The summed E-state index contributed by atoms with van der Waals surface area (Å²) in [5, 5.41) is 16.0. The molecular weight excluding hydrogens is 717 g/mol. The second-order valence-electron chi connectivity index (χ2n) is 16.2. The summed E-state index contributed by atoms with van der Waals surface area (Å²) in [6.07, 6.45) is 5.59. The number of carbonyl (C=O) groups excluding carboxylic acids is 3. The largest absolute Gasteiger partial charge is 0.369 e. The van der Waals surface area contributed by atoms with Crippen LogP contribution in [-0.2, 0) is 27.3 Å². The van der Waals surface area contributed by atoms with Gasteiger partial charge in [-0.3, -0.25) is 40.1 Å². The van der Waals surface area contributed by atoms with E-state index in [0.717, 1.165) is 83.6 Å². The fraction of sp³-hybridized carbons (Fsp3) is 0.341. The number of amides is 3. The highest BCUT2D eigenvalue weighted by Gasteiger charge is 2.28. The molecule has 13 heteroatoms. The molecule has 0 unspecified atom stereocenters. The quantitative estimate of drug-likeness (QED) is 0.122. The van der Waals surface area contributed by atoms with Gasteiger partial charge in [-0.2, -0.15) is 5.10 Å². The molecule has 5 N–H and O–H groups in total. The van der Waals surface area contributed by atoms with Crippen LogP contribution in [0.25, 0.3) is 33.4 Å². The second-order valence-corrected chi connectivity index (χ2v) is 16.2. The molecule has 3 amide bonds. The molecule has 2 saturated heterocycles. The van der Waals surface area contributed by atoms with E-state index in [1.165, 1.54) is 11.3 Å². The van der Waals surface area contributed by atoms with Crippen LogP contribution in [0.3, 0.4) is 0 Å². The van der Waals surface area contributed by atoms with Crippen LogP contribution < -0.4 is 26.5 Å². The zero-order valence-electron chi connectivity index (χ0n) is 33.0. The van der Waals surface area contributed by atoms with Gasteiger partial charge in [0.15, 0.2) is 5.65 Å². The minimum Gasteiger partial charge on any atom is -0.369 e. The third-order valence-corrected chi connectivity index (χ3v) is 11.3. The first-order valence-electron chi connectivity index (χ1n) is 19.7. The van der Waals surface area contributed by atoms with E-state index in [1.807, 2.05) is 23.3 Å². The maximum atomic E-state index is 12.8. The number of nitrogens with zero attached hydrogens (tertiary/aromatic N) is 5. The number of aromatic nitrogens is 3. The lowest BCUT2D eigenvalue weighted by molar-refractivity contribution is -0.134. The van der Waals surface area contributed by atoms with E-state index < -0.39 is 0 Å². The molecule has 3 aliphatic rings. The zero-order valence-corrected chi connectivity index (χ0v) is 33.0. The lowest BCUT2D eigenvalue weighted by Gasteiger charge is -2.36. The highest BCUT2D eigenvalue weighted by atomic mass is 16.2. The Morgan fingerprint density at radius 1 is 0.912 bits per heavy atom. The molecule has 5 aromatic rings. The third kappa shape index (κ3) is 8.40. The number of hydrogen-bond acceptors (Lipinski definition) is 10. The van der Waals surface area contributed by atoms with Gasteiger partial charge in [0, 0.05) is 85.8 Å². The van der Waals surface area contributed by atoms with Crippen molar-refractivity contribution in [3.8, 4) is 22.4 Å². The normalized spacial score (nSPS) is 17.8. The Balaban J connectivity index is 0.850. The van der Waals surface area contributed by atoms with Crippen molar-refractivity contribution < 1.29 is 14.4 Å². The van der Waals surface area contributed by atoms with Crippen molar-refractivity contribution in [2.24, 2.45) is 0 Å². The lowest BCUT2D eigenvalue weighted by atomic mass is 9.90. The molecule has 13 nitrogen and oxygen atoms in total. The molecule has 0 bridgehead atoms. The summed E-state index contributed by atoms with van der Waals surface area (Å²) < 4.78 is 0. The molecule has 0 saturated carbocycles. The maximum absolute atomic E-state index is 12.8. The molecular formula is C44H50N10O3.